The van der Waals surface area contributed by atoms with Gasteiger partial charge < -0.3 is 15.3 Å². The number of benzene rings is 3. The van der Waals surface area contributed by atoms with Gasteiger partial charge in [0.2, 0.25) is 0 Å². The molecule has 0 bridgehead atoms. The number of thiol groups is 2. The number of unbranched alkanes of at least 4 members (excludes halogenated alkanes) is 6. The predicted molar refractivity (Wildman–Crippen MR) is 146 cm³/mol. The molecule has 34 heavy (non-hydrogen) atoms. The molecule has 0 spiro atoms. The van der Waals surface area contributed by atoms with E-state index in [0.29, 0.717) is 12.8 Å². The topological polar surface area (TPSA) is 60.7 Å². The van der Waals surface area contributed by atoms with E-state index in [1.807, 2.05) is 12.1 Å². The summed E-state index contributed by atoms with van der Waals surface area (Å²) in [5, 5.41) is 31.8. The molecule has 3 aromatic carbocycles. The zero-order chi connectivity index (χ0) is 24.5. The molecule has 3 N–H and O–H groups in total. The molecule has 0 saturated heterocycles. The van der Waals surface area contributed by atoms with E-state index in [4.69, 9.17) is 0 Å². The van der Waals surface area contributed by atoms with Gasteiger partial charge in [0.1, 0.15) is 17.2 Å². The van der Waals surface area contributed by atoms with Gasteiger partial charge in [0.15, 0.2) is 0 Å². The molecule has 3 aromatic rings. The fraction of sp³-hybridized carbons (Fsp3) is 0.379. The van der Waals surface area contributed by atoms with Gasteiger partial charge in [-0.2, -0.15) is 0 Å². The summed E-state index contributed by atoms with van der Waals surface area (Å²) in [4.78, 5) is 1.53. The first-order valence-corrected chi connectivity index (χ1v) is 13.1. The van der Waals surface area contributed by atoms with Crippen molar-refractivity contribution < 1.29 is 15.3 Å². The van der Waals surface area contributed by atoms with Crippen molar-refractivity contribution in [3.8, 4) is 17.2 Å². The van der Waals surface area contributed by atoms with Crippen molar-refractivity contribution in [2.24, 2.45) is 0 Å². The maximum atomic E-state index is 11.1. The van der Waals surface area contributed by atoms with Crippen LogP contribution in [0.4, 0.5) is 0 Å². The van der Waals surface area contributed by atoms with Gasteiger partial charge in [0.25, 0.3) is 0 Å². The SMILES string of the molecule is CCCCCCCCCc1cc(Cc2cc(S)ccc2O)c(O)c(Cc2cc(S)ccc2O)c1. The first-order chi connectivity index (χ1) is 16.4. The summed E-state index contributed by atoms with van der Waals surface area (Å²) < 4.78 is 0. The van der Waals surface area contributed by atoms with Gasteiger partial charge in [-0.05, 0) is 77.1 Å². The Kier molecular flexibility index (Phi) is 10.1. The fourth-order valence-corrected chi connectivity index (χ4v) is 4.83. The molecule has 182 valence electrons. The molecule has 5 heteroatoms. The van der Waals surface area contributed by atoms with Crippen LogP contribution in [0.3, 0.4) is 0 Å². The molecule has 0 aliphatic carbocycles. The zero-order valence-corrected chi connectivity index (χ0v) is 21.7. The minimum absolute atomic E-state index is 0.191. The minimum atomic E-state index is 0.191. The van der Waals surface area contributed by atoms with Gasteiger partial charge in [-0.15, -0.1) is 25.3 Å². The van der Waals surface area contributed by atoms with Crippen molar-refractivity contribution in [3.63, 3.8) is 0 Å². The summed E-state index contributed by atoms with van der Waals surface area (Å²) in [5.41, 5.74) is 4.15. The van der Waals surface area contributed by atoms with E-state index < -0.39 is 0 Å². The molecular formula is C29H36O3S2. The van der Waals surface area contributed by atoms with Crippen LogP contribution < -0.4 is 0 Å². The van der Waals surface area contributed by atoms with Crippen LogP contribution in [0.1, 0.15) is 79.7 Å². The third-order valence-corrected chi connectivity index (χ3v) is 6.84. The molecule has 0 saturated carbocycles. The summed E-state index contributed by atoms with van der Waals surface area (Å²) in [6, 6.07) is 14.5. The number of aromatic hydroxyl groups is 3. The van der Waals surface area contributed by atoms with Gasteiger partial charge in [0, 0.05) is 22.6 Å². The normalized spacial score (nSPS) is 11.1. The molecule has 0 radical (unpaired) electrons. The molecule has 0 aliphatic heterocycles. The zero-order valence-electron chi connectivity index (χ0n) is 19.9. The van der Waals surface area contributed by atoms with Crippen molar-refractivity contribution in [1.82, 2.24) is 0 Å². The maximum Gasteiger partial charge on any atom is 0.122 e. The lowest BCUT2D eigenvalue weighted by Gasteiger charge is -2.15. The second-order valence-electron chi connectivity index (χ2n) is 9.11. The number of phenolic OH excluding ortho intramolecular Hbond substituents is 3. The second-order valence-corrected chi connectivity index (χ2v) is 10.1. The summed E-state index contributed by atoms with van der Waals surface area (Å²) in [5.74, 6) is 0.588. The number of rotatable bonds is 12. The summed E-state index contributed by atoms with van der Waals surface area (Å²) in [7, 11) is 0. The van der Waals surface area contributed by atoms with Crippen LogP contribution in [0.2, 0.25) is 0 Å². The van der Waals surface area contributed by atoms with Crippen molar-refractivity contribution in [3.05, 3.63) is 76.3 Å². The van der Waals surface area contributed by atoms with Crippen molar-refractivity contribution in [2.75, 3.05) is 0 Å². The van der Waals surface area contributed by atoms with Gasteiger partial charge >= 0.3 is 0 Å². The highest BCUT2D eigenvalue weighted by molar-refractivity contribution is 7.80. The van der Waals surface area contributed by atoms with E-state index in [0.717, 1.165) is 44.9 Å². The molecule has 0 aromatic heterocycles. The van der Waals surface area contributed by atoms with E-state index in [9.17, 15) is 15.3 Å². The van der Waals surface area contributed by atoms with Crippen LogP contribution in [0.25, 0.3) is 0 Å². The highest BCUT2D eigenvalue weighted by Crippen LogP contribution is 2.34. The molecular weight excluding hydrogens is 460 g/mol. The Morgan fingerprint density at radius 1 is 0.588 bits per heavy atom. The average molecular weight is 497 g/mol. The average Bonchev–Trinajstić information content (AvgIpc) is 2.81. The Morgan fingerprint density at radius 3 is 1.56 bits per heavy atom. The largest absolute Gasteiger partial charge is 0.508 e. The Bertz CT molecular complexity index is 1020. The lowest BCUT2D eigenvalue weighted by atomic mass is 9.92. The third-order valence-electron chi connectivity index (χ3n) is 6.28. The van der Waals surface area contributed by atoms with Gasteiger partial charge in [-0.3, -0.25) is 0 Å². The maximum absolute atomic E-state index is 11.1. The summed E-state index contributed by atoms with van der Waals surface area (Å²) >= 11 is 8.80. The number of hydrogen-bond donors (Lipinski definition) is 5. The first-order valence-electron chi connectivity index (χ1n) is 12.2. The van der Waals surface area contributed by atoms with Crippen LogP contribution in [-0.4, -0.2) is 15.3 Å². The van der Waals surface area contributed by atoms with Crippen LogP contribution in [0, 0.1) is 0 Å². The van der Waals surface area contributed by atoms with Gasteiger partial charge in [0.05, 0.1) is 0 Å². The molecule has 0 atom stereocenters. The highest BCUT2D eigenvalue weighted by Gasteiger charge is 2.15. The molecule has 0 unspecified atom stereocenters. The summed E-state index contributed by atoms with van der Waals surface area (Å²) in [6.07, 6.45) is 10.5. The van der Waals surface area contributed by atoms with Gasteiger partial charge in [-0.25, -0.2) is 0 Å². The van der Waals surface area contributed by atoms with Crippen molar-refractivity contribution in [1.29, 1.82) is 0 Å². The lowest BCUT2D eigenvalue weighted by molar-refractivity contribution is 0.456. The number of hydrogen-bond acceptors (Lipinski definition) is 5. The Balaban J connectivity index is 1.84. The second kappa shape index (κ2) is 13.0. The van der Waals surface area contributed by atoms with E-state index in [-0.39, 0.29) is 17.2 Å². The molecule has 0 heterocycles. The molecule has 3 nitrogen and oxygen atoms in total. The smallest absolute Gasteiger partial charge is 0.122 e. The van der Waals surface area contributed by atoms with Crippen LogP contribution in [0.15, 0.2) is 58.3 Å². The number of aryl methyl sites for hydroxylation is 1. The third kappa shape index (κ3) is 7.64. The van der Waals surface area contributed by atoms with Crippen molar-refractivity contribution in [2.45, 2.75) is 80.9 Å². The van der Waals surface area contributed by atoms with E-state index in [1.165, 1.54) is 44.1 Å². The van der Waals surface area contributed by atoms with Gasteiger partial charge in [-0.1, -0.05) is 57.6 Å². The first kappa shape index (κ1) is 26.4. The monoisotopic (exact) mass is 496 g/mol. The standard InChI is InChI=1S/C29H36O3S2/c1-2-3-4-5-6-7-8-9-20-14-23(16-21-18-25(33)10-12-27(21)30)29(32)24(15-20)17-22-19-26(34)11-13-28(22)31/h10-15,18-19,30-34H,2-9,16-17H2,1H3. The summed E-state index contributed by atoms with van der Waals surface area (Å²) in [6.45, 7) is 2.23. The van der Waals surface area contributed by atoms with E-state index in [2.05, 4.69) is 44.3 Å². The molecule has 3 rings (SSSR count). The van der Waals surface area contributed by atoms with Crippen LogP contribution in [-0.2, 0) is 19.3 Å². The lowest BCUT2D eigenvalue weighted by Crippen LogP contribution is -1.99. The molecule has 0 fully saturated rings. The quantitative estimate of drug-likeness (QED) is 0.131. The number of phenols is 3. The van der Waals surface area contributed by atoms with E-state index >= 15 is 0 Å². The van der Waals surface area contributed by atoms with E-state index in [1.54, 1.807) is 24.3 Å². The predicted octanol–water partition coefficient (Wildman–Crippen LogP) is 7.86. The van der Waals surface area contributed by atoms with Crippen molar-refractivity contribution >= 4 is 25.3 Å². The minimum Gasteiger partial charge on any atom is -0.508 e. The Morgan fingerprint density at radius 2 is 1.06 bits per heavy atom. The highest BCUT2D eigenvalue weighted by atomic mass is 32.1. The van der Waals surface area contributed by atoms with Crippen LogP contribution >= 0.6 is 25.3 Å². The molecule has 0 aliphatic rings. The molecule has 0 amide bonds. The fourth-order valence-electron chi connectivity index (χ4n) is 4.37. The Hall–Kier alpha value is -2.24. The van der Waals surface area contributed by atoms with Crippen LogP contribution in [0.5, 0.6) is 17.2 Å². The Labute approximate surface area is 214 Å².